The molecule has 1 aromatic carbocycles. The number of fused-ring (bicyclic) bond motifs is 1. The molecular formula is C22H19FN8O. The van der Waals surface area contributed by atoms with Crippen molar-refractivity contribution < 1.29 is 9.50 Å². The number of nitrogens with zero attached hydrogens (tertiary/aromatic N) is 6. The molecule has 1 unspecified atom stereocenters. The first-order valence-electron chi connectivity index (χ1n) is 9.79. The fraction of sp³-hybridized carbons (Fsp3) is 0.136. The lowest BCUT2D eigenvalue weighted by atomic mass is 9.91. The van der Waals surface area contributed by atoms with Gasteiger partial charge in [0.25, 0.3) is 0 Å². The molecule has 0 radical (unpaired) electrons. The Hall–Kier alpha value is -4.18. The molecule has 5 rings (SSSR count). The third kappa shape index (κ3) is 3.26. The van der Waals surface area contributed by atoms with Crippen LogP contribution >= 0.6 is 0 Å². The van der Waals surface area contributed by atoms with Crippen LogP contribution < -0.4 is 5.73 Å². The lowest BCUT2D eigenvalue weighted by Crippen LogP contribution is -2.26. The molecule has 4 aromatic heterocycles. The van der Waals surface area contributed by atoms with Crippen molar-refractivity contribution >= 4 is 17.1 Å². The first kappa shape index (κ1) is 19.8. The van der Waals surface area contributed by atoms with Crippen molar-refractivity contribution in [3.05, 3.63) is 72.2 Å². The van der Waals surface area contributed by atoms with Gasteiger partial charge in [-0.3, -0.25) is 4.68 Å². The molecule has 0 spiro atoms. The molecule has 5 aromatic rings. The highest BCUT2D eigenvalue weighted by Gasteiger charge is 2.31. The molecule has 0 aliphatic carbocycles. The number of aryl methyl sites for hydroxylation is 1. The zero-order valence-electron chi connectivity index (χ0n) is 17.3. The van der Waals surface area contributed by atoms with Gasteiger partial charge in [0.15, 0.2) is 5.65 Å². The quantitative estimate of drug-likeness (QED) is 0.399. The molecule has 0 saturated carbocycles. The van der Waals surface area contributed by atoms with Crippen molar-refractivity contribution in [1.82, 2.24) is 34.7 Å². The average Bonchev–Trinajstić information content (AvgIpc) is 3.39. The minimum Gasteiger partial charge on any atom is -0.379 e. The fourth-order valence-corrected chi connectivity index (χ4v) is 3.63. The van der Waals surface area contributed by atoms with Gasteiger partial charge in [0.1, 0.15) is 16.9 Å². The Morgan fingerprint density at radius 2 is 1.94 bits per heavy atom. The monoisotopic (exact) mass is 430 g/mol. The summed E-state index contributed by atoms with van der Waals surface area (Å²) in [6.45, 7) is 1.46. The molecule has 0 saturated heterocycles. The van der Waals surface area contributed by atoms with E-state index in [0.717, 1.165) is 5.56 Å². The maximum absolute atomic E-state index is 14.4. The highest BCUT2D eigenvalue weighted by atomic mass is 19.1. The van der Waals surface area contributed by atoms with E-state index in [-0.39, 0.29) is 17.2 Å². The van der Waals surface area contributed by atoms with Crippen LogP contribution in [0.1, 0.15) is 18.2 Å². The first-order valence-corrected chi connectivity index (χ1v) is 9.79. The van der Waals surface area contributed by atoms with Gasteiger partial charge in [-0.2, -0.15) is 5.10 Å². The number of anilines is 1. The minimum absolute atomic E-state index is 0.0557. The fourth-order valence-electron chi connectivity index (χ4n) is 3.63. The van der Waals surface area contributed by atoms with Gasteiger partial charge >= 0.3 is 0 Å². The number of aromatic nitrogens is 7. The number of aliphatic hydroxyl groups is 1. The van der Waals surface area contributed by atoms with Crippen LogP contribution in [0.3, 0.4) is 0 Å². The lowest BCUT2D eigenvalue weighted by molar-refractivity contribution is 0.0933. The van der Waals surface area contributed by atoms with Gasteiger partial charge < -0.3 is 15.8 Å². The van der Waals surface area contributed by atoms with E-state index in [1.807, 2.05) is 13.2 Å². The normalized spacial score (nSPS) is 13.4. The topological polar surface area (TPSA) is 131 Å². The third-order valence-corrected chi connectivity index (χ3v) is 5.30. The van der Waals surface area contributed by atoms with Gasteiger partial charge in [-0.25, -0.2) is 24.3 Å². The molecule has 32 heavy (non-hydrogen) atoms. The maximum Gasteiger partial charge on any atom is 0.220 e. The first-order chi connectivity index (χ1) is 15.3. The van der Waals surface area contributed by atoms with E-state index in [9.17, 15) is 9.50 Å². The summed E-state index contributed by atoms with van der Waals surface area (Å²) in [5, 5.41) is 15.3. The Labute approximate surface area is 181 Å². The molecular weight excluding hydrogens is 411 g/mol. The number of hydrogen-bond acceptors (Lipinski definition) is 7. The number of halogens is 1. The Bertz CT molecular complexity index is 1460. The van der Waals surface area contributed by atoms with E-state index < -0.39 is 11.4 Å². The SMILES string of the molecule is Cn1cc(-c2cnc3[nH]cc(-c4cc(C(C)(O)c5ccccc5F)nc(N)n4)c3n2)cn1. The summed E-state index contributed by atoms with van der Waals surface area (Å²) < 4.78 is 16.1. The second-order valence-corrected chi connectivity index (χ2v) is 7.61. The molecule has 4 heterocycles. The standard InChI is InChI=1S/C22H19FN8O/c1-22(32,14-5-3-4-6-15(14)23)18-7-16(29-21(24)30-18)13-9-25-20-19(13)28-17(10-26-20)12-8-27-31(2)11-12/h3-11,32H,1-2H3,(H,25,26)(H2,24,29,30). The number of aromatic amines is 1. The van der Waals surface area contributed by atoms with Crippen LogP contribution in [-0.2, 0) is 12.6 Å². The van der Waals surface area contributed by atoms with Crippen molar-refractivity contribution in [2.24, 2.45) is 7.05 Å². The zero-order chi connectivity index (χ0) is 22.5. The number of nitrogen functional groups attached to an aromatic ring is 1. The summed E-state index contributed by atoms with van der Waals surface area (Å²) in [5.74, 6) is -0.602. The molecule has 160 valence electrons. The molecule has 9 nitrogen and oxygen atoms in total. The highest BCUT2D eigenvalue weighted by molar-refractivity contribution is 5.90. The van der Waals surface area contributed by atoms with Crippen LogP contribution in [0.15, 0.2) is 55.1 Å². The van der Waals surface area contributed by atoms with Crippen LogP contribution in [0, 0.1) is 5.82 Å². The van der Waals surface area contributed by atoms with E-state index in [2.05, 4.69) is 25.0 Å². The Morgan fingerprint density at radius 1 is 1.12 bits per heavy atom. The highest BCUT2D eigenvalue weighted by Crippen LogP contribution is 2.33. The summed E-state index contributed by atoms with van der Waals surface area (Å²) in [7, 11) is 1.82. The number of nitrogens with two attached hydrogens (primary N) is 1. The van der Waals surface area contributed by atoms with E-state index >= 15 is 0 Å². The average molecular weight is 430 g/mol. The third-order valence-electron chi connectivity index (χ3n) is 5.30. The molecule has 0 aliphatic rings. The minimum atomic E-state index is -1.73. The number of benzene rings is 1. The molecule has 0 bridgehead atoms. The molecule has 10 heteroatoms. The molecule has 0 aliphatic heterocycles. The molecule has 1 atom stereocenters. The van der Waals surface area contributed by atoms with E-state index in [1.54, 1.807) is 41.5 Å². The van der Waals surface area contributed by atoms with E-state index in [1.165, 1.54) is 19.1 Å². The van der Waals surface area contributed by atoms with Crippen molar-refractivity contribution in [3.8, 4) is 22.5 Å². The van der Waals surface area contributed by atoms with Gasteiger partial charge in [-0.05, 0) is 19.1 Å². The number of nitrogens with one attached hydrogen (secondary N) is 1. The van der Waals surface area contributed by atoms with Crippen LogP contribution in [0.4, 0.5) is 10.3 Å². The van der Waals surface area contributed by atoms with Gasteiger partial charge in [0.2, 0.25) is 5.95 Å². The summed E-state index contributed by atoms with van der Waals surface area (Å²) in [6.07, 6.45) is 6.91. The van der Waals surface area contributed by atoms with E-state index in [0.29, 0.717) is 28.1 Å². The predicted octanol–water partition coefficient (Wildman–Crippen LogP) is 2.79. The van der Waals surface area contributed by atoms with Crippen LogP contribution in [0.25, 0.3) is 33.7 Å². The van der Waals surface area contributed by atoms with Crippen molar-refractivity contribution in [3.63, 3.8) is 0 Å². The number of rotatable bonds is 4. The largest absolute Gasteiger partial charge is 0.379 e. The molecule has 0 amide bonds. The Morgan fingerprint density at radius 3 is 2.69 bits per heavy atom. The molecule has 0 fully saturated rings. The maximum atomic E-state index is 14.4. The number of H-pyrrole nitrogens is 1. The zero-order valence-corrected chi connectivity index (χ0v) is 17.3. The second kappa shape index (κ2) is 7.20. The molecule has 4 N–H and O–H groups in total. The Kier molecular flexibility index (Phi) is 4.45. The van der Waals surface area contributed by atoms with Crippen LogP contribution in [0.5, 0.6) is 0 Å². The summed E-state index contributed by atoms with van der Waals surface area (Å²) >= 11 is 0. The lowest BCUT2D eigenvalue weighted by Gasteiger charge is -2.24. The summed E-state index contributed by atoms with van der Waals surface area (Å²) in [4.78, 5) is 20.7. The van der Waals surface area contributed by atoms with Crippen LogP contribution in [-0.4, -0.2) is 39.8 Å². The van der Waals surface area contributed by atoms with Crippen molar-refractivity contribution in [1.29, 1.82) is 0 Å². The van der Waals surface area contributed by atoms with Crippen LogP contribution in [0.2, 0.25) is 0 Å². The smallest absolute Gasteiger partial charge is 0.220 e. The second-order valence-electron chi connectivity index (χ2n) is 7.61. The van der Waals surface area contributed by atoms with Gasteiger partial charge in [0.05, 0.1) is 29.5 Å². The summed E-state index contributed by atoms with van der Waals surface area (Å²) in [5.41, 5.74) is 8.13. The van der Waals surface area contributed by atoms with Gasteiger partial charge in [-0.1, -0.05) is 18.2 Å². The number of hydrogen-bond donors (Lipinski definition) is 3. The summed E-state index contributed by atoms with van der Waals surface area (Å²) in [6, 6.07) is 7.56. The van der Waals surface area contributed by atoms with Crippen molar-refractivity contribution in [2.45, 2.75) is 12.5 Å². The predicted molar refractivity (Wildman–Crippen MR) is 117 cm³/mol. The van der Waals surface area contributed by atoms with Gasteiger partial charge in [0, 0.05) is 36.1 Å². The Balaban J connectivity index is 1.64. The van der Waals surface area contributed by atoms with Crippen molar-refractivity contribution in [2.75, 3.05) is 5.73 Å². The van der Waals surface area contributed by atoms with Gasteiger partial charge in [-0.15, -0.1) is 0 Å². The van der Waals surface area contributed by atoms with E-state index in [4.69, 9.17) is 10.7 Å².